The summed E-state index contributed by atoms with van der Waals surface area (Å²) in [6.45, 7) is 0. The Balaban J connectivity index is 2.79. The Bertz CT molecular complexity index is 387. The lowest BCUT2D eigenvalue weighted by Crippen LogP contribution is -1.77. The number of fused-ring (bicyclic) bond motifs is 1. The van der Waals surface area contributed by atoms with Crippen molar-refractivity contribution in [2.45, 2.75) is 0 Å². The number of rotatable bonds is 0. The average Bonchev–Trinajstić information content (AvgIpc) is 2.05. The van der Waals surface area contributed by atoms with Gasteiger partial charge in [0, 0.05) is 17.6 Å². The fourth-order valence-corrected chi connectivity index (χ4v) is 1.25. The van der Waals surface area contributed by atoms with Crippen molar-refractivity contribution < 1.29 is 5.11 Å². The molecule has 3 heteroatoms. The van der Waals surface area contributed by atoms with E-state index in [0.29, 0.717) is 5.02 Å². The van der Waals surface area contributed by atoms with Crippen LogP contribution in [0.2, 0.25) is 5.02 Å². The lowest BCUT2D eigenvalue weighted by molar-refractivity contribution is 0.476. The van der Waals surface area contributed by atoms with E-state index in [1.165, 1.54) is 0 Å². The second-order valence-electron chi connectivity index (χ2n) is 2.53. The van der Waals surface area contributed by atoms with E-state index in [2.05, 4.69) is 4.98 Å². The summed E-state index contributed by atoms with van der Waals surface area (Å²) in [7, 11) is 0. The zero-order valence-corrected chi connectivity index (χ0v) is 6.92. The van der Waals surface area contributed by atoms with Crippen molar-refractivity contribution in [1.82, 2.24) is 4.98 Å². The molecule has 0 atom stereocenters. The average molecular weight is 180 g/mol. The van der Waals surface area contributed by atoms with Crippen LogP contribution in [0.3, 0.4) is 0 Å². The monoisotopic (exact) mass is 179 g/mol. The standard InChI is InChI=1S/C9H6ClNO/c10-7-3-6-1-2-8(12)4-9(6)11-5-7/h1-5,12H. The molecule has 0 fully saturated rings. The van der Waals surface area contributed by atoms with Crippen molar-refractivity contribution in [2.24, 2.45) is 0 Å². The second kappa shape index (κ2) is 2.64. The zero-order chi connectivity index (χ0) is 8.55. The van der Waals surface area contributed by atoms with Crippen LogP contribution in [0.1, 0.15) is 0 Å². The molecule has 60 valence electrons. The van der Waals surface area contributed by atoms with Gasteiger partial charge in [-0.05, 0) is 18.2 Å². The van der Waals surface area contributed by atoms with E-state index in [9.17, 15) is 0 Å². The summed E-state index contributed by atoms with van der Waals surface area (Å²) in [6.07, 6.45) is 1.56. The van der Waals surface area contributed by atoms with Crippen molar-refractivity contribution in [3.8, 4) is 5.75 Å². The minimum absolute atomic E-state index is 0.220. The molecule has 0 aliphatic rings. The molecule has 2 rings (SSSR count). The van der Waals surface area contributed by atoms with Gasteiger partial charge in [-0.2, -0.15) is 0 Å². The third-order valence-electron chi connectivity index (χ3n) is 1.63. The maximum absolute atomic E-state index is 9.13. The van der Waals surface area contributed by atoms with E-state index in [-0.39, 0.29) is 5.75 Å². The minimum Gasteiger partial charge on any atom is -0.508 e. The van der Waals surface area contributed by atoms with Gasteiger partial charge in [-0.1, -0.05) is 11.6 Å². The van der Waals surface area contributed by atoms with Gasteiger partial charge in [0.1, 0.15) is 5.75 Å². The summed E-state index contributed by atoms with van der Waals surface area (Å²) in [5.74, 6) is 0.220. The van der Waals surface area contributed by atoms with Gasteiger partial charge >= 0.3 is 0 Å². The number of phenols is 1. The highest BCUT2D eigenvalue weighted by atomic mass is 35.5. The van der Waals surface area contributed by atoms with Crippen molar-refractivity contribution in [1.29, 1.82) is 0 Å². The highest BCUT2D eigenvalue weighted by Gasteiger charge is 1.96. The molecule has 1 aromatic heterocycles. The van der Waals surface area contributed by atoms with Crippen LogP contribution in [0.5, 0.6) is 5.75 Å². The molecular formula is C9H6ClNO. The van der Waals surface area contributed by atoms with E-state index < -0.39 is 0 Å². The molecule has 1 aromatic carbocycles. The molecule has 12 heavy (non-hydrogen) atoms. The fraction of sp³-hybridized carbons (Fsp3) is 0. The molecule has 2 aromatic rings. The number of phenolic OH excluding ortho intramolecular Hbond substituents is 1. The summed E-state index contributed by atoms with van der Waals surface area (Å²) < 4.78 is 0. The van der Waals surface area contributed by atoms with Gasteiger partial charge in [0.15, 0.2) is 0 Å². The highest BCUT2D eigenvalue weighted by Crippen LogP contribution is 2.20. The van der Waals surface area contributed by atoms with E-state index in [0.717, 1.165) is 10.9 Å². The topological polar surface area (TPSA) is 33.1 Å². The van der Waals surface area contributed by atoms with E-state index in [4.69, 9.17) is 16.7 Å². The third kappa shape index (κ3) is 1.21. The second-order valence-corrected chi connectivity index (χ2v) is 2.97. The molecule has 0 aliphatic carbocycles. The molecule has 1 heterocycles. The summed E-state index contributed by atoms with van der Waals surface area (Å²) in [5.41, 5.74) is 0.749. The van der Waals surface area contributed by atoms with Crippen molar-refractivity contribution in [3.05, 3.63) is 35.5 Å². The van der Waals surface area contributed by atoms with Gasteiger partial charge in [-0.15, -0.1) is 0 Å². The summed E-state index contributed by atoms with van der Waals surface area (Å²) >= 11 is 5.73. The van der Waals surface area contributed by atoms with Crippen LogP contribution in [0.4, 0.5) is 0 Å². The van der Waals surface area contributed by atoms with Crippen LogP contribution >= 0.6 is 11.6 Å². The minimum atomic E-state index is 0.220. The molecule has 0 aliphatic heterocycles. The normalized spacial score (nSPS) is 10.4. The third-order valence-corrected chi connectivity index (χ3v) is 1.84. The number of benzene rings is 1. The Labute approximate surface area is 74.4 Å². The van der Waals surface area contributed by atoms with Crippen LogP contribution in [-0.4, -0.2) is 10.1 Å². The molecule has 0 radical (unpaired) electrons. The van der Waals surface area contributed by atoms with Crippen LogP contribution in [0.25, 0.3) is 10.9 Å². The predicted molar refractivity (Wildman–Crippen MR) is 48.4 cm³/mol. The van der Waals surface area contributed by atoms with Gasteiger partial charge < -0.3 is 5.11 Å². The smallest absolute Gasteiger partial charge is 0.117 e. The quantitative estimate of drug-likeness (QED) is 0.675. The summed E-state index contributed by atoms with van der Waals surface area (Å²) in [4.78, 5) is 4.05. The molecule has 0 saturated carbocycles. The van der Waals surface area contributed by atoms with Crippen molar-refractivity contribution in [2.75, 3.05) is 0 Å². The number of aromatic hydroxyl groups is 1. The molecule has 0 saturated heterocycles. The molecular weight excluding hydrogens is 174 g/mol. The van der Waals surface area contributed by atoms with E-state index >= 15 is 0 Å². The predicted octanol–water partition coefficient (Wildman–Crippen LogP) is 2.59. The summed E-state index contributed by atoms with van der Waals surface area (Å²) in [5, 5.41) is 10.7. The van der Waals surface area contributed by atoms with Crippen molar-refractivity contribution >= 4 is 22.5 Å². The van der Waals surface area contributed by atoms with Crippen LogP contribution in [-0.2, 0) is 0 Å². The van der Waals surface area contributed by atoms with Crippen molar-refractivity contribution in [3.63, 3.8) is 0 Å². The lowest BCUT2D eigenvalue weighted by atomic mass is 10.2. The Hall–Kier alpha value is -1.28. The number of nitrogens with zero attached hydrogens (tertiary/aromatic N) is 1. The van der Waals surface area contributed by atoms with Gasteiger partial charge in [0.2, 0.25) is 0 Å². The van der Waals surface area contributed by atoms with Crippen LogP contribution in [0.15, 0.2) is 30.5 Å². The van der Waals surface area contributed by atoms with Gasteiger partial charge in [-0.3, -0.25) is 4.98 Å². The molecule has 0 spiro atoms. The molecule has 0 bridgehead atoms. The number of pyridine rings is 1. The fourth-order valence-electron chi connectivity index (χ4n) is 1.08. The Kier molecular flexibility index (Phi) is 1.62. The Morgan fingerprint density at radius 3 is 2.92 bits per heavy atom. The van der Waals surface area contributed by atoms with E-state index in [1.54, 1.807) is 24.4 Å². The first kappa shape index (κ1) is 7.37. The van der Waals surface area contributed by atoms with Crippen LogP contribution < -0.4 is 0 Å². The number of halogens is 1. The zero-order valence-electron chi connectivity index (χ0n) is 6.16. The van der Waals surface area contributed by atoms with Crippen LogP contribution in [0, 0.1) is 0 Å². The number of hydrogen-bond acceptors (Lipinski definition) is 2. The Morgan fingerprint density at radius 1 is 1.25 bits per heavy atom. The lowest BCUT2D eigenvalue weighted by Gasteiger charge is -1.97. The largest absolute Gasteiger partial charge is 0.508 e. The first-order valence-electron chi connectivity index (χ1n) is 3.50. The van der Waals surface area contributed by atoms with Gasteiger partial charge in [0.05, 0.1) is 10.5 Å². The van der Waals surface area contributed by atoms with Gasteiger partial charge in [-0.25, -0.2) is 0 Å². The SMILES string of the molecule is Oc1ccc2cc(Cl)cnc2c1. The maximum Gasteiger partial charge on any atom is 0.117 e. The maximum atomic E-state index is 9.13. The first-order chi connectivity index (χ1) is 5.75. The molecule has 2 nitrogen and oxygen atoms in total. The van der Waals surface area contributed by atoms with Gasteiger partial charge in [0.25, 0.3) is 0 Å². The highest BCUT2D eigenvalue weighted by molar-refractivity contribution is 6.31. The molecule has 0 unspecified atom stereocenters. The van der Waals surface area contributed by atoms with E-state index in [1.807, 2.05) is 6.07 Å². The number of hydrogen-bond donors (Lipinski definition) is 1. The molecule has 0 amide bonds. The summed E-state index contributed by atoms with van der Waals surface area (Å²) in [6, 6.07) is 6.80. The Morgan fingerprint density at radius 2 is 2.08 bits per heavy atom. The number of aromatic nitrogens is 1. The molecule has 1 N–H and O–H groups in total. The first-order valence-corrected chi connectivity index (χ1v) is 3.88.